The molecule has 0 aromatic heterocycles. The van der Waals surface area contributed by atoms with Crippen molar-refractivity contribution >= 4 is 60.2 Å². The van der Waals surface area contributed by atoms with Gasteiger partial charge in [0.25, 0.3) is 0 Å². The molecule has 7 aromatic carbocycles. The molecule has 170 valence electrons. The first kappa shape index (κ1) is 20.7. The standard InChI is InChI=1S/C35H25N/c1-24-10-8-14-28(22-24)36(33-19-9-13-26-21-20-25-11-2-5-16-30(25)35(26)33)34-23-27-12-3-4-15-29(27)31-17-6-7-18-32(31)34/h2-23H,1H3. The average molecular weight is 460 g/mol. The minimum atomic E-state index is 1.16. The fourth-order valence-corrected chi connectivity index (χ4v) is 5.62. The van der Waals surface area contributed by atoms with Crippen molar-refractivity contribution in [1.29, 1.82) is 0 Å². The van der Waals surface area contributed by atoms with Gasteiger partial charge < -0.3 is 4.90 Å². The van der Waals surface area contributed by atoms with E-state index in [0.717, 1.165) is 5.69 Å². The lowest BCUT2D eigenvalue weighted by Crippen LogP contribution is -2.11. The van der Waals surface area contributed by atoms with Gasteiger partial charge in [0.15, 0.2) is 0 Å². The van der Waals surface area contributed by atoms with Gasteiger partial charge in [-0.05, 0) is 69.1 Å². The van der Waals surface area contributed by atoms with E-state index in [1.54, 1.807) is 0 Å². The molecule has 0 atom stereocenters. The topological polar surface area (TPSA) is 3.24 Å². The predicted octanol–water partition coefficient (Wildman–Crippen LogP) is 10.1. The molecular formula is C35H25N. The molecule has 0 bridgehead atoms. The number of anilines is 3. The maximum absolute atomic E-state index is 2.45. The summed E-state index contributed by atoms with van der Waals surface area (Å²) in [6.07, 6.45) is 0. The average Bonchev–Trinajstić information content (AvgIpc) is 2.93. The molecule has 1 nitrogen and oxygen atoms in total. The Morgan fingerprint density at radius 1 is 0.417 bits per heavy atom. The summed E-state index contributed by atoms with van der Waals surface area (Å²) in [7, 11) is 0. The third-order valence-corrected chi connectivity index (χ3v) is 7.24. The molecule has 7 rings (SSSR count). The molecule has 0 aliphatic carbocycles. The van der Waals surface area contributed by atoms with E-state index >= 15 is 0 Å². The lowest BCUT2D eigenvalue weighted by Gasteiger charge is -2.29. The van der Waals surface area contributed by atoms with Crippen molar-refractivity contribution < 1.29 is 0 Å². The van der Waals surface area contributed by atoms with Gasteiger partial charge in [0.2, 0.25) is 0 Å². The monoisotopic (exact) mass is 459 g/mol. The van der Waals surface area contributed by atoms with Crippen LogP contribution in [0.2, 0.25) is 0 Å². The molecule has 0 saturated carbocycles. The molecule has 0 unspecified atom stereocenters. The van der Waals surface area contributed by atoms with Crippen LogP contribution in [0.4, 0.5) is 17.1 Å². The van der Waals surface area contributed by atoms with Crippen molar-refractivity contribution in [3.8, 4) is 0 Å². The molecule has 0 saturated heterocycles. The van der Waals surface area contributed by atoms with Crippen molar-refractivity contribution in [2.45, 2.75) is 6.92 Å². The third-order valence-electron chi connectivity index (χ3n) is 7.24. The number of fused-ring (bicyclic) bond motifs is 6. The minimum Gasteiger partial charge on any atom is -0.309 e. The molecule has 0 N–H and O–H groups in total. The van der Waals surface area contributed by atoms with E-state index in [4.69, 9.17) is 0 Å². The van der Waals surface area contributed by atoms with Gasteiger partial charge >= 0.3 is 0 Å². The van der Waals surface area contributed by atoms with Crippen LogP contribution in [0.25, 0.3) is 43.1 Å². The van der Waals surface area contributed by atoms with Gasteiger partial charge in [-0.3, -0.25) is 0 Å². The maximum atomic E-state index is 2.45. The van der Waals surface area contributed by atoms with E-state index in [1.807, 2.05) is 0 Å². The Kier molecular flexibility index (Phi) is 4.75. The summed E-state index contributed by atoms with van der Waals surface area (Å²) < 4.78 is 0. The lowest BCUT2D eigenvalue weighted by molar-refractivity contribution is 1.30. The Labute approximate surface area is 210 Å². The van der Waals surface area contributed by atoms with Crippen LogP contribution < -0.4 is 4.90 Å². The van der Waals surface area contributed by atoms with Crippen molar-refractivity contribution in [3.05, 3.63) is 139 Å². The van der Waals surface area contributed by atoms with Crippen LogP contribution in [0, 0.1) is 6.92 Å². The first-order valence-corrected chi connectivity index (χ1v) is 12.5. The summed E-state index contributed by atoms with van der Waals surface area (Å²) in [5.74, 6) is 0. The second-order valence-corrected chi connectivity index (χ2v) is 9.50. The molecule has 1 heteroatoms. The van der Waals surface area contributed by atoms with Crippen molar-refractivity contribution in [3.63, 3.8) is 0 Å². The van der Waals surface area contributed by atoms with Gasteiger partial charge in [-0.25, -0.2) is 0 Å². The van der Waals surface area contributed by atoms with Gasteiger partial charge in [-0.1, -0.05) is 109 Å². The number of hydrogen-bond donors (Lipinski definition) is 0. The summed E-state index contributed by atoms with van der Waals surface area (Å²) in [5, 5.41) is 10.1. The molecule has 36 heavy (non-hydrogen) atoms. The Morgan fingerprint density at radius 2 is 1.06 bits per heavy atom. The highest BCUT2D eigenvalue weighted by Crippen LogP contribution is 2.45. The highest BCUT2D eigenvalue weighted by molar-refractivity contribution is 6.19. The van der Waals surface area contributed by atoms with Crippen LogP contribution in [0.3, 0.4) is 0 Å². The van der Waals surface area contributed by atoms with Gasteiger partial charge in [-0.2, -0.15) is 0 Å². The van der Waals surface area contributed by atoms with Crippen molar-refractivity contribution in [2.24, 2.45) is 0 Å². The van der Waals surface area contributed by atoms with E-state index in [0.29, 0.717) is 0 Å². The van der Waals surface area contributed by atoms with Crippen LogP contribution in [0.5, 0.6) is 0 Å². The van der Waals surface area contributed by atoms with Crippen LogP contribution in [0.1, 0.15) is 5.56 Å². The van der Waals surface area contributed by atoms with Gasteiger partial charge in [0.1, 0.15) is 0 Å². The number of nitrogens with zero attached hydrogens (tertiary/aromatic N) is 1. The predicted molar refractivity (Wildman–Crippen MR) is 156 cm³/mol. The summed E-state index contributed by atoms with van der Waals surface area (Å²) in [6, 6.07) is 48.5. The Bertz CT molecular complexity index is 1910. The van der Waals surface area contributed by atoms with E-state index in [1.165, 1.54) is 60.0 Å². The number of rotatable bonds is 3. The second-order valence-electron chi connectivity index (χ2n) is 9.50. The molecule has 0 aliphatic heterocycles. The largest absolute Gasteiger partial charge is 0.309 e. The molecule has 0 spiro atoms. The fraction of sp³-hybridized carbons (Fsp3) is 0.0286. The molecule has 0 aliphatic rings. The normalized spacial score (nSPS) is 11.5. The number of hydrogen-bond acceptors (Lipinski definition) is 1. The van der Waals surface area contributed by atoms with Crippen molar-refractivity contribution in [2.75, 3.05) is 4.90 Å². The van der Waals surface area contributed by atoms with E-state index in [2.05, 4.69) is 145 Å². The Balaban J connectivity index is 1.65. The highest BCUT2D eigenvalue weighted by Gasteiger charge is 2.20. The first-order valence-electron chi connectivity index (χ1n) is 12.5. The molecule has 0 fully saturated rings. The Hall–Kier alpha value is -4.62. The van der Waals surface area contributed by atoms with E-state index < -0.39 is 0 Å². The molecule has 7 aromatic rings. The van der Waals surface area contributed by atoms with Crippen LogP contribution >= 0.6 is 0 Å². The zero-order chi connectivity index (χ0) is 24.1. The van der Waals surface area contributed by atoms with Crippen LogP contribution in [-0.4, -0.2) is 0 Å². The smallest absolute Gasteiger partial charge is 0.0546 e. The van der Waals surface area contributed by atoms with E-state index in [9.17, 15) is 0 Å². The van der Waals surface area contributed by atoms with Crippen molar-refractivity contribution in [1.82, 2.24) is 0 Å². The van der Waals surface area contributed by atoms with Crippen LogP contribution in [0.15, 0.2) is 133 Å². The fourth-order valence-electron chi connectivity index (χ4n) is 5.62. The Morgan fingerprint density at radius 3 is 1.89 bits per heavy atom. The third kappa shape index (κ3) is 3.25. The first-order chi connectivity index (χ1) is 17.8. The molecule has 0 radical (unpaired) electrons. The lowest BCUT2D eigenvalue weighted by atomic mass is 9.96. The summed E-state index contributed by atoms with van der Waals surface area (Å²) >= 11 is 0. The quantitative estimate of drug-likeness (QED) is 0.238. The van der Waals surface area contributed by atoms with E-state index in [-0.39, 0.29) is 0 Å². The van der Waals surface area contributed by atoms with Gasteiger partial charge in [0.05, 0.1) is 11.4 Å². The second kappa shape index (κ2) is 8.25. The molecular weight excluding hydrogens is 434 g/mol. The zero-order valence-electron chi connectivity index (χ0n) is 20.1. The molecule has 0 heterocycles. The summed E-state index contributed by atoms with van der Waals surface area (Å²) in [6.45, 7) is 2.17. The molecule has 0 amide bonds. The SMILES string of the molecule is Cc1cccc(N(c2cc3ccccc3c3ccccc23)c2cccc3ccc4ccccc4c23)c1. The summed E-state index contributed by atoms with van der Waals surface area (Å²) in [5.41, 5.74) is 4.79. The minimum absolute atomic E-state index is 1.16. The summed E-state index contributed by atoms with van der Waals surface area (Å²) in [4.78, 5) is 2.45. The number of benzene rings is 7. The van der Waals surface area contributed by atoms with Gasteiger partial charge in [0, 0.05) is 16.5 Å². The maximum Gasteiger partial charge on any atom is 0.0546 e. The highest BCUT2D eigenvalue weighted by atomic mass is 15.1. The van der Waals surface area contributed by atoms with Crippen LogP contribution in [-0.2, 0) is 0 Å². The van der Waals surface area contributed by atoms with Gasteiger partial charge in [-0.15, -0.1) is 0 Å². The number of aryl methyl sites for hydroxylation is 1. The zero-order valence-corrected chi connectivity index (χ0v) is 20.1.